The summed E-state index contributed by atoms with van der Waals surface area (Å²) in [5, 5.41) is 0. The third kappa shape index (κ3) is 2.81. The molecular formula is C12H18FN. The van der Waals surface area contributed by atoms with E-state index in [0.717, 1.165) is 12.0 Å². The van der Waals surface area contributed by atoms with E-state index in [1.807, 2.05) is 13.0 Å². The molecule has 1 aromatic carbocycles. The minimum Gasteiger partial charge on any atom is -0.324 e. The van der Waals surface area contributed by atoms with Gasteiger partial charge in [0, 0.05) is 11.6 Å². The van der Waals surface area contributed by atoms with Crippen molar-refractivity contribution in [3.63, 3.8) is 0 Å². The highest BCUT2D eigenvalue weighted by molar-refractivity contribution is 5.26. The summed E-state index contributed by atoms with van der Waals surface area (Å²) in [5.74, 6) is 0.300. The predicted molar refractivity (Wildman–Crippen MR) is 57.5 cm³/mol. The van der Waals surface area contributed by atoms with Crippen molar-refractivity contribution in [2.75, 3.05) is 0 Å². The Hall–Kier alpha value is -0.890. The van der Waals surface area contributed by atoms with Crippen LogP contribution in [0.2, 0.25) is 0 Å². The van der Waals surface area contributed by atoms with Crippen LogP contribution in [0.15, 0.2) is 18.2 Å². The van der Waals surface area contributed by atoms with Gasteiger partial charge in [-0.15, -0.1) is 0 Å². The van der Waals surface area contributed by atoms with Gasteiger partial charge >= 0.3 is 0 Å². The second kappa shape index (κ2) is 4.56. The van der Waals surface area contributed by atoms with Gasteiger partial charge < -0.3 is 5.73 Å². The Kier molecular flexibility index (Phi) is 3.64. The fourth-order valence-corrected chi connectivity index (χ4v) is 1.58. The molecule has 0 amide bonds. The molecule has 2 N–H and O–H groups in total. The van der Waals surface area contributed by atoms with E-state index in [4.69, 9.17) is 5.73 Å². The van der Waals surface area contributed by atoms with Crippen molar-refractivity contribution in [1.82, 2.24) is 0 Å². The molecule has 78 valence electrons. The van der Waals surface area contributed by atoms with Gasteiger partial charge in [0.1, 0.15) is 5.82 Å². The number of nitrogens with two attached hydrogens (primary N) is 1. The summed E-state index contributed by atoms with van der Waals surface area (Å²) in [7, 11) is 0. The molecule has 0 aliphatic rings. The largest absolute Gasteiger partial charge is 0.324 e. The van der Waals surface area contributed by atoms with Gasteiger partial charge in [0.25, 0.3) is 0 Å². The first-order valence-electron chi connectivity index (χ1n) is 5.02. The zero-order valence-corrected chi connectivity index (χ0v) is 9.05. The molecule has 0 aliphatic heterocycles. The molecule has 1 aromatic rings. The van der Waals surface area contributed by atoms with Crippen LogP contribution in [0.4, 0.5) is 4.39 Å². The Morgan fingerprint density at radius 2 is 2.00 bits per heavy atom. The summed E-state index contributed by atoms with van der Waals surface area (Å²) in [6, 6.07) is 4.91. The Balaban J connectivity index is 2.88. The summed E-state index contributed by atoms with van der Waals surface area (Å²) in [5.41, 5.74) is 7.62. The van der Waals surface area contributed by atoms with Gasteiger partial charge in [-0.3, -0.25) is 0 Å². The molecule has 0 spiro atoms. The normalized spacial score (nSPS) is 13.3. The van der Waals surface area contributed by atoms with Crippen LogP contribution in [0.1, 0.15) is 37.4 Å². The van der Waals surface area contributed by atoms with E-state index in [9.17, 15) is 4.39 Å². The van der Waals surface area contributed by atoms with Crippen molar-refractivity contribution >= 4 is 0 Å². The monoisotopic (exact) mass is 195 g/mol. The first kappa shape index (κ1) is 11.2. The topological polar surface area (TPSA) is 26.0 Å². The van der Waals surface area contributed by atoms with Gasteiger partial charge in [-0.05, 0) is 25.3 Å². The Bertz CT molecular complexity index is 307. The van der Waals surface area contributed by atoms with Gasteiger partial charge in [-0.1, -0.05) is 31.5 Å². The van der Waals surface area contributed by atoms with Crippen LogP contribution in [0.25, 0.3) is 0 Å². The van der Waals surface area contributed by atoms with Crippen molar-refractivity contribution in [1.29, 1.82) is 0 Å². The van der Waals surface area contributed by atoms with E-state index >= 15 is 0 Å². The molecule has 14 heavy (non-hydrogen) atoms. The van der Waals surface area contributed by atoms with Crippen molar-refractivity contribution in [2.24, 2.45) is 11.7 Å². The van der Waals surface area contributed by atoms with Gasteiger partial charge in [-0.25, -0.2) is 4.39 Å². The number of hydrogen-bond donors (Lipinski definition) is 1. The van der Waals surface area contributed by atoms with E-state index < -0.39 is 0 Å². The van der Waals surface area contributed by atoms with Crippen molar-refractivity contribution < 1.29 is 4.39 Å². The molecule has 0 saturated heterocycles. The summed E-state index contributed by atoms with van der Waals surface area (Å²) in [6.07, 6.45) is 0.820. The van der Waals surface area contributed by atoms with Crippen LogP contribution in [0.3, 0.4) is 0 Å². The van der Waals surface area contributed by atoms with E-state index in [0.29, 0.717) is 11.5 Å². The predicted octanol–water partition coefficient (Wildman–Crippen LogP) is 3.18. The maximum Gasteiger partial charge on any atom is 0.127 e. The van der Waals surface area contributed by atoms with Crippen LogP contribution in [0, 0.1) is 18.7 Å². The standard InChI is InChI=1S/C12H18FN/c1-8(2)6-12(14)10-7-9(3)4-5-11(10)13/h4-5,7-8,12H,6,14H2,1-3H3/t12-/m0/s1. The lowest BCUT2D eigenvalue weighted by Crippen LogP contribution is -2.14. The maximum absolute atomic E-state index is 13.4. The highest BCUT2D eigenvalue weighted by atomic mass is 19.1. The van der Waals surface area contributed by atoms with Crippen LogP contribution < -0.4 is 5.73 Å². The summed E-state index contributed by atoms with van der Waals surface area (Å²) >= 11 is 0. The van der Waals surface area contributed by atoms with Crippen molar-refractivity contribution in [2.45, 2.75) is 33.2 Å². The molecule has 0 unspecified atom stereocenters. The van der Waals surface area contributed by atoms with E-state index in [2.05, 4.69) is 13.8 Å². The quantitative estimate of drug-likeness (QED) is 0.787. The first-order valence-corrected chi connectivity index (χ1v) is 5.02. The lowest BCUT2D eigenvalue weighted by Gasteiger charge is -2.15. The van der Waals surface area contributed by atoms with Crippen LogP contribution in [0.5, 0.6) is 0 Å². The zero-order chi connectivity index (χ0) is 10.7. The van der Waals surface area contributed by atoms with Crippen LogP contribution in [-0.2, 0) is 0 Å². The smallest absolute Gasteiger partial charge is 0.127 e. The highest BCUT2D eigenvalue weighted by Gasteiger charge is 2.12. The lowest BCUT2D eigenvalue weighted by atomic mass is 9.96. The van der Waals surface area contributed by atoms with Crippen LogP contribution in [-0.4, -0.2) is 0 Å². The number of hydrogen-bond acceptors (Lipinski definition) is 1. The average Bonchev–Trinajstić information content (AvgIpc) is 2.08. The molecule has 0 bridgehead atoms. The maximum atomic E-state index is 13.4. The molecule has 0 radical (unpaired) electrons. The second-order valence-corrected chi connectivity index (χ2v) is 4.26. The summed E-state index contributed by atoms with van der Waals surface area (Å²) in [6.45, 7) is 6.13. The number of aryl methyl sites for hydroxylation is 1. The lowest BCUT2D eigenvalue weighted by molar-refractivity contribution is 0.488. The van der Waals surface area contributed by atoms with Crippen LogP contribution >= 0.6 is 0 Å². The molecule has 0 aromatic heterocycles. The molecule has 2 heteroatoms. The molecule has 1 rings (SSSR count). The number of benzene rings is 1. The average molecular weight is 195 g/mol. The van der Waals surface area contributed by atoms with Crippen molar-refractivity contribution in [3.8, 4) is 0 Å². The first-order chi connectivity index (χ1) is 6.50. The highest BCUT2D eigenvalue weighted by Crippen LogP contribution is 2.22. The van der Waals surface area contributed by atoms with Gasteiger partial charge in [0.2, 0.25) is 0 Å². The Labute approximate surface area is 85.1 Å². The van der Waals surface area contributed by atoms with Crippen molar-refractivity contribution in [3.05, 3.63) is 35.1 Å². The number of halogens is 1. The molecule has 0 saturated carbocycles. The van der Waals surface area contributed by atoms with E-state index in [1.165, 1.54) is 6.07 Å². The molecule has 1 nitrogen and oxygen atoms in total. The molecule has 0 heterocycles. The molecule has 0 aliphatic carbocycles. The van der Waals surface area contributed by atoms with Gasteiger partial charge in [0.05, 0.1) is 0 Å². The molecule has 0 fully saturated rings. The summed E-state index contributed by atoms with van der Waals surface area (Å²) < 4.78 is 13.4. The third-order valence-corrected chi connectivity index (χ3v) is 2.28. The Morgan fingerprint density at radius 3 is 2.57 bits per heavy atom. The summed E-state index contributed by atoms with van der Waals surface area (Å²) in [4.78, 5) is 0. The molecule has 1 atom stereocenters. The Morgan fingerprint density at radius 1 is 1.36 bits per heavy atom. The molecular weight excluding hydrogens is 177 g/mol. The SMILES string of the molecule is Cc1ccc(F)c([C@@H](N)CC(C)C)c1. The zero-order valence-electron chi connectivity index (χ0n) is 9.05. The van der Waals surface area contributed by atoms with E-state index in [1.54, 1.807) is 6.07 Å². The second-order valence-electron chi connectivity index (χ2n) is 4.26. The minimum atomic E-state index is -0.191. The fourth-order valence-electron chi connectivity index (χ4n) is 1.58. The van der Waals surface area contributed by atoms with Gasteiger partial charge in [-0.2, -0.15) is 0 Å². The third-order valence-electron chi connectivity index (χ3n) is 2.28. The number of rotatable bonds is 3. The van der Waals surface area contributed by atoms with E-state index in [-0.39, 0.29) is 11.9 Å². The fraction of sp³-hybridized carbons (Fsp3) is 0.500. The van der Waals surface area contributed by atoms with Gasteiger partial charge in [0.15, 0.2) is 0 Å². The minimum absolute atomic E-state index is 0.185.